The molecular formula is C12H10F3NO2S. The summed E-state index contributed by atoms with van der Waals surface area (Å²) in [7, 11) is 0. The molecule has 0 amide bonds. The number of aliphatic carboxylic acids is 1. The van der Waals surface area contributed by atoms with Crippen molar-refractivity contribution >= 4 is 27.4 Å². The van der Waals surface area contributed by atoms with Gasteiger partial charge in [-0.25, -0.2) is 0 Å². The molecule has 102 valence electrons. The van der Waals surface area contributed by atoms with E-state index in [0.717, 1.165) is 12.1 Å². The van der Waals surface area contributed by atoms with Gasteiger partial charge >= 0.3 is 12.1 Å². The second-order valence-electron chi connectivity index (χ2n) is 4.10. The number of hydrogen-bond acceptors (Lipinski definition) is 3. The summed E-state index contributed by atoms with van der Waals surface area (Å²) < 4.78 is 38.6. The first-order valence-corrected chi connectivity index (χ1v) is 6.12. The number of rotatable bonds is 2. The molecule has 1 heterocycles. The van der Waals surface area contributed by atoms with Gasteiger partial charge in [-0.05, 0) is 30.5 Å². The molecule has 7 heteroatoms. The second kappa shape index (κ2) is 4.50. The van der Waals surface area contributed by atoms with Crippen molar-refractivity contribution in [3.8, 4) is 0 Å². The molecule has 0 saturated carbocycles. The van der Waals surface area contributed by atoms with Gasteiger partial charge in [-0.2, -0.15) is 13.2 Å². The summed E-state index contributed by atoms with van der Waals surface area (Å²) in [6, 6.07) is 1.95. The van der Waals surface area contributed by atoms with E-state index in [1.165, 1.54) is 17.4 Å². The van der Waals surface area contributed by atoms with E-state index in [2.05, 4.69) is 0 Å². The Labute approximate surface area is 110 Å². The van der Waals surface area contributed by atoms with Crippen LogP contribution in [0.5, 0.6) is 0 Å². The molecule has 1 aromatic heterocycles. The Kier molecular flexibility index (Phi) is 3.27. The Morgan fingerprint density at radius 1 is 1.42 bits per heavy atom. The number of halogens is 3. The summed E-state index contributed by atoms with van der Waals surface area (Å²) in [4.78, 5) is 11.5. The molecule has 0 radical (unpaired) electrons. The minimum Gasteiger partial charge on any atom is -0.480 e. The normalized spacial score (nSPS) is 13.7. The standard InChI is InChI=1S/C12H10F3NO2S/c1-5-9(10(16)11(17)18)7-4-6(12(13,14)15)2-3-8(7)19-5/h2-4,10H,16H2,1H3,(H,17,18). The monoisotopic (exact) mass is 289 g/mol. The van der Waals surface area contributed by atoms with E-state index in [9.17, 15) is 18.0 Å². The molecule has 0 aliphatic rings. The largest absolute Gasteiger partial charge is 0.480 e. The Morgan fingerprint density at radius 3 is 2.58 bits per heavy atom. The fourth-order valence-corrected chi connectivity index (χ4v) is 3.02. The summed E-state index contributed by atoms with van der Waals surface area (Å²) in [6.45, 7) is 1.65. The molecular weight excluding hydrogens is 279 g/mol. The van der Waals surface area contributed by atoms with Crippen LogP contribution in [0.15, 0.2) is 18.2 Å². The molecule has 1 unspecified atom stereocenters. The number of carbonyl (C=O) groups is 1. The summed E-state index contributed by atoms with van der Waals surface area (Å²) in [6.07, 6.45) is -4.46. The Bertz CT molecular complexity index is 648. The maximum Gasteiger partial charge on any atom is 0.416 e. The lowest BCUT2D eigenvalue weighted by atomic mass is 10.0. The first kappa shape index (κ1) is 13.8. The van der Waals surface area contributed by atoms with Crippen LogP contribution in [0.3, 0.4) is 0 Å². The minimum absolute atomic E-state index is 0.249. The Balaban J connectivity index is 2.70. The van der Waals surface area contributed by atoms with Crippen LogP contribution in [0.4, 0.5) is 13.2 Å². The summed E-state index contributed by atoms with van der Waals surface area (Å²) in [5.41, 5.74) is 4.97. The van der Waals surface area contributed by atoms with Crippen LogP contribution in [0.25, 0.3) is 10.1 Å². The van der Waals surface area contributed by atoms with Crippen molar-refractivity contribution < 1.29 is 23.1 Å². The average Bonchev–Trinajstić information content (AvgIpc) is 2.61. The van der Waals surface area contributed by atoms with Gasteiger partial charge in [-0.15, -0.1) is 11.3 Å². The lowest BCUT2D eigenvalue weighted by Gasteiger charge is -2.09. The van der Waals surface area contributed by atoms with Crippen molar-refractivity contribution in [2.24, 2.45) is 5.73 Å². The second-order valence-corrected chi connectivity index (χ2v) is 5.35. The number of alkyl halides is 3. The third kappa shape index (κ3) is 2.43. The minimum atomic E-state index is -4.46. The van der Waals surface area contributed by atoms with E-state index in [0.29, 0.717) is 9.58 Å². The zero-order valence-electron chi connectivity index (χ0n) is 9.78. The number of hydrogen-bond donors (Lipinski definition) is 2. The maximum absolute atomic E-state index is 12.7. The molecule has 0 aliphatic carbocycles. The third-order valence-electron chi connectivity index (χ3n) is 2.82. The maximum atomic E-state index is 12.7. The Hall–Kier alpha value is -1.60. The van der Waals surface area contributed by atoms with Crippen molar-refractivity contribution in [1.29, 1.82) is 0 Å². The Morgan fingerprint density at radius 2 is 2.05 bits per heavy atom. The molecule has 0 bridgehead atoms. The van der Waals surface area contributed by atoms with Gasteiger partial charge in [0, 0.05) is 15.1 Å². The van der Waals surface area contributed by atoms with E-state index in [4.69, 9.17) is 10.8 Å². The molecule has 2 rings (SSSR count). The van der Waals surface area contributed by atoms with Crippen LogP contribution in [0.1, 0.15) is 22.0 Å². The zero-order valence-corrected chi connectivity index (χ0v) is 10.6. The van der Waals surface area contributed by atoms with Gasteiger partial charge in [0.25, 0.3) is 0 Å². The molecule has 0 saturated heterocycles. The van der Waals surface area contributed by atoms with Gasteiger partial charge in [0.1, 0.15) is 6.04 Å². The van der Waals surface area contributed by atoms with Crippen LogP contribution in [0.2, 0.25) is 0 Å². The fourth-order valence-electron chi connectivity index (χ4n) is 1.93. The lowest BCUT2D eigenvalue weighted by Crippen LogP contribution is -2.21. The van der Waals surface area contributed by atoms with Gasteiger partial charge in [0.15, 0.2) is 0 Å². The SMILES string of the molecule is Cc1sc2ccc(C(F)(F)F)cc2c1C(N)C(=O)O. The first-order valence-electron chi connectivity index (χ1n) is 5.30. The molecule has 1 aromatic carbocycles. The fraction of sp³-hybridized carbons (Fsp3) is 0.250. The summed E-state index contributed by atoms with van der Waals surface area (Å²) in [5, 5.41) is 9.18. The topological polar surface area (TPSA) is 63.3 Å². The molecule has 0 fully saturated rings. The van der Waals surface area contributed by atoms with E-state index in [1.807, 2.05) is 0 Å². The number of benzene rings is 1. The quantitative estimate of drug-likeness (QED) is 0.891. The summed E-state index contributed by atoms with van der Waals surface area (Å²) >= 11 is 1.23. The lowest BCUT2D eigenvalue weighted by molar-refractivity contribution is -0.139. The smallest absolute Gasteiger partial charge is 0.416 e. The molecule has 3 N–H and O–H groups in total. The summed E-state index contributed by atoms with van der Waals surface area (Å²) in [5.74, 6) is -1.26. The highest BCUT2D eigenvalue weighted by molar-refractivity contribution is 7.19. The predicted octanol–water partition coefficient (Wildman–Crippen LogP) is 3.31. The van der Waals surface area contributed by atoms with Gasteiger partial charge < -0.3 is 10.8 Å². The highest BCUT2D eigenvalue weighted by atomic mass is 32.1. The number of carboxylic acid groups (broad SMARTS) is 1. The molecule has 19 heavy (non-hydrogen) atoms. The van der Waals surface area contributed by atoms with Crippen molar-refractivity contribution in [3.63, 3.8) is 0 Å². The van der Waals surface area contributed by atoms with E-state index in [-0.39, 0.29) is 10.9 Å². The zero-order chi connectivity index (χ0) is 14.4. The predicted molar refractivity (Wildman–Crippen MR) is 66.1 cm³/mol. The van der Waals surface area contributed by atoms with Crippen molar-refractivity contribution in [3.05, 3.63) is 34.2 Å². The molecule has 0 aliphatic heterocycles. The number of thiophene rings is 1. The van der Waals surface area contributed by atoms with E-state index < -0.39 is 23.8 Å². The van der Waals surface area contributed by atoms with Crippen molar-refractivity contribution in [2.75, 3.05) is 0 Å². The highest BCUT2D eigenvalue weighted by Gasteiger charge is 2.31. The average molecular weight is 289 g/mol. The van der Waals surface area contributed by atoms with Crippen LogP contribution < -0.4 is 5.73 Å². The van der Waals surface area contributed by atoms with Crippen LogP contribution in [-0.2, 0) is 11.0 Å². The van der Waals surface area contributed by atoms with Gasteiger partial charge in [-0.1, -0.05) is 0 Å². The van der Waals surface area contributed by atoms with Gasteiger partial charge in [0.05, 0.1) is 5.56 Å². The highest BCUT2D eigenvalue weighted by Crippen LogP contribution is 2.38. The molecule has 2 aromatic rings. The third-order valence-corrected chi connectivity index (χ3v) is 3.92. The van der Waals surface area contributed by atoms with E-state index >= 15 is 0 Å². The number of aryl methyl sites for hydroxylation is 1. The van der Waals surface area contributed by atoms with Gasteiger partial charge in [-0.3, -0.25) is 4.79 Å². The van der Waals surface area contributed by atoms with Crippen molar-refractivity contribution in [2.45, 2.75) is 19.1 Å². The van der Waals surface area contributed by atoms with Crippen LogP contribution >= 0.6 is 11.3 Å². The molecule has 0 spiro atoms. The van der Waals surface area contributed by atoms with Crippen LogP contribution in [0, 0.1) is 6.92 Å². The van der Waals surface area contributed by atoms with Crippen molar-refractivity contribution in [1.82, 2.24) is 0 Å². The molecule has 1 atom stereocenters. The first-order chi connectivity index (χ1) is 8.71. The van der Waals surface area contributed by atoms with Gasteiger partial charge in [0.2, 0.25) is 0 Å². The number of nitrogens with two attached hydrogens (primary N) is 1. The number of fused-ring (bicyclic) bond motifs is 1. The molecule has 3 nitrogen and oxygen atoms in total. The number of carboxylic acids is 1. The van der Waals surface area contributed by atoms with Crippen LogP contribution in [-0.4, -0.2) is 11.1 Å². The van der Waals surface area contributed by atoms with E-state index in [1.54, 1.807) is 6.92 Å².